The van der Waals surface area contributed by atoms with E-state index in [1.807, 2.05) is 6.07 Å². The van der Waals surface area contributed by atoms with Gasteiger partial charge in [-0.3, -0.25) is 10.1 Å². The zero-order chi connectivity index (χ0) is 19.2. The van der Waals surface area contributed by atoms with Crippen LogP contribution < -0.4 is 20.5 Å². The van der Waals surface area contributed by atoms with Crippen LogP contribution in [0.5, 0.6) is 11.5 Å². The second-order valence-corrected chi connectivity index (χ2v) is 7.65. The Morgan fingerprint density at radius 2 is 2.04 bits per heavy atom. The highest BCUT2D eigenvalue weighted by atomic mass is 16.5. The number of allylic oxidation sites excluding steroid dienone is 1. The summed E-state index contributed by atoms with van der Waals surface area (Å²) < 4.78 is 16.9. The Labute approximate surface area is 159 Å². The topological polar surface area (TPSA) is 86.1 Å². The first-order valence-corrected chi connectivity index (χ1v) is 9.31. The second-order valence-electron chi connectivity index (χ2n) is 7.65. The lowest BCUT2D eigenvalue weighted by Gasteiger charge is -2.42. The second kappa shape index (κ2) is 6.42. The SMILES string of the molecule is COc1ccc([C@]23CCN(C)C2=CC2(CC3)NC(C(N)=O)CO2)cc1OC. The van der Waals surface area contributed by atoms with Crippen molar-refractivity contribution in [1.29, 1.82) is 0 Å². The van der Waals surface area contributed by atoms with E-state index in [1.54, 1.807) is 14.2 Å². The number of nitrogens with zero attached hydrogens (tertiary/aromatic N) is 1. The lowest BCUT2D eigenvalue weighted by Crippen LogP contribution is -2.51. The number of likely N-dealkylation sites (N-methyl/N-ethyl adjacent to an activating group) is 1. The zero-order valence-electron chi connectivity index (χ0n) is 16.1. The third-order valence-electron chi connectivity index (χ3n) is 6.27. The molecule has 2 heterocycles. The molecule has 0 saturated carbocycles. The van der Waals surface area contributed by atoms with Crippen LogP contribution in [0.25, 0.3) is 0 Å². The summed E-state index contributed by atoms with van der Waals surface area (Å²) in [5.41, 5.74) is 7.19. The molecule has 1 aromatic rings. The van der Waals surface area contributed by atoms with Gasteiger partial charge in [0, 0.05) is 24.7 Å². The van der Waals surface area contributed by atoms with Gasteiger partial charge in [0.05, 0.1) is 20.8 Å². The Balaban J connectivity index is 1.74. The minimum absolute atomic E-state index is 0.0879. The molecule has 27 heavy (non-hydrogen) atoms. The van der Waals surface area contributed by atoms with E-state index >= 15 is 0 Å². The van der Waals surface area contributed by atoms with E-state index in [0.717, 1.165) is 37.3 Å². The molecule has 1 aliphatic carbocycles. The third kappa shape index (κ3) is 2.76. The standard InChI is InChI=1S/C20H27N3O4/c1-23-9-8-19(13-4-5-15(25-2)16(10-13)26-3)6-7-20(11-17(19)23)22-14(12-27-20)18(21)24/h4-5,10-11,14,22H,6-9,12H2,1-3H3,(H2,21,24)/t14?,19-,20?/m0/s1. The maximum atomic E-state index is 11.6. The fourth-order valence-electron chi connectivity index (χ4n) is 4.73. The van der Waals surface area contributed by atoms with Crippen molar-refractivity contribution in [3.8, 4) is 11.5 Å². The molecule has 1 spiro atoms. The van der Waals surface area contributed by atoms with Gasteiger partial charge in [-0.05, 0) is 43.0 Å². The van der Waals surface area contributed by atoms with Crippen molar-refractivity contribution < 1.29 is 19.0 Å². The number of methoxy groups -OCH3 is 2. The molecule has 3 atom stereocenters. The van der Waals surface area contributed by atoms with Crippen LogP contribution in [0.4, 0.5) is 0 Å². The molecule has 1 amide bonds. The summed E-state index contributed by atoms with van der Waals surface area (Å²) >= 11 is 0. The van der Waals surface area contributed by atoms with E-state index in [0.29, 0.717) is 6.61 Å². The number of carbonyl (C=O) groups excluding carboxylic acids is 1. The van der Waals surface area contributed by atoms with Crippen molar-refractivity contribution in [2.24, 2.45) is 5.73 Å². The van der Waals surface area contributed by atoms with Crippen LogP contribution in [0.3, 0.4) is 0 Å². The molecule has 2 aliphatic heterocycles. The fourth-order valence-corrected chi connectivity index (χ4v) is 4.73. The number of primary amides is 1. The monoisotopic (exact) mass is 373 g/mol. The van der Waals surface area contributed by atoms with Gasteiger partial charge in [0.25, 0.3) is 0 Å². The van der Waals surface area contributed by atoms with Crippen molar-refractivity contribution in [3.63, 3.8) is 0 Å². The lowest BCUT2D eigenvalue weighted by atomic mass is 9.69. The number of hydrogen-bond acceptors (Lipinski definition) is 6. The Kier molecular flexibility index (Phi) is 4.31. The predicted molar refractivity (Wildman–Crippen MR) is 101 cm³/mol. The van der Waals surface area contributed by atoms with Crippen LogP contribution in [0.15, 0.2) is 30.0 Å². The normalized spacial score (nSPS) is 32.3. The first-order chi connectivity index (χ1) is 12.9. The van der Waals surface area contributed by atoms with E-state index in [2.05, 4.69) is 35.5 Å². The average Bonchev–Trinajstić information content (AvgIpc) is 3.24. The quantitative estimate of drug-likeness (QED) is 0.823. The van der Waals surface area contributed by atoms with Crippen LogP contribution in [0, 0.1) is 0 Å². The number of likely N-dealkylation sites (tertiary alicyclic amines) is 1. The first-order valence-electron chi connectivity index (χ1n) is 9.31. The molecule has 2 saturated heterocycles. The summed E-state index contributed by atoms with van der Waals surface area (Å²) in [5, 5.41) is 3.30. The number of rotatable bonds is 4. The summed E-state index contributed by atoms with van der Waals surface area (Å²) in [5.74, 6) is 1.09. The number of nitrogens with one attached hydrogen (secondary N) is 1. The maximum absolute atomic E-state index is 11.6. The number of hydrogen-bond donors (Lipinski definition) is 2. The van der Waals surface area contributed by atoms with E-state index in [1.165, 1.54) is 11.3 Å². The Bertz CT molecular complexity index is 795. The van der Waals surface area contributed by atoms with Gasteiger partial charge in [-0.1, -0.05) is 6.07 Å². The zero-order valence-corrected chi connectivity index (χ0v) is 16.1. The summed E-state index contributed by atoms with van der Waals surface area (Å²) in [6, 6.07) is 5.74. The van der Waals surface area contributed by atoms with Gasteiger partial charge >= 0.3 is 0 Å². The molecule has 146 valence electrons. The highest BCUT2D eigenvalue weighted by Gasteiger charge is 2.52. The molecule has 7 nitrogen and oxygen atoms in total. The molecule has 2 fully saturated rings. The smallest absolute Gasteiger partial charge is 0.237 e. The summed E-state index contributed by atoms with van der Waals surface area (Å²) in [7, 11) is 5.41. The highest BCUT2D eigenvalue weighted by molar-refractivity contribution is 5.80. The van der Waals surface area contributed by atoms with E-state index in [9.17, 15) is 4.79 Å². The third-order valence-corrected chi connectivity index (χ3v) is 6.27. The van der Waals surface area contributed by atoms with Gasteiger partial charge in [0.1, 0.15) is 11.8 Å². The molecule has 7 heteroatoms. The minimum atomic E-state index is -0.617. The molecule has 1 aromatic carbocycles. The molecule has 0 aromatic heterocycles. The Morgan fingerprint density at radius 3 is 2.70 bits per heavy atom. The van der Waals surface area contributed by atoms with Crippen LogP contribution in [0.1, 0.15) is 24.8 Å². The number of amides is 1. The number of ether oxygens (including phenoxy) is 3. The number of fused-ring (bicyclic) bond motifs is 1. The van der Waals surface area contributed by atoms with Crippen LogP contribution in [0.2, 0.25) is 0 Å². The van der Waals surface area contributed by atoms with Gasteiger partial charge in [-0.2, -0.15) is 0 Å². The number of benzene rings is 1. The van der Waals surface area contributed by atoms with Crippen molar-refractivity contribution in [3.05, 3.63) is 35.5 Å². The van der Waals surface area contributed by atoms with E-state index < -0.39 is 11.8 Å². The molecule has 4 rings (SSSR count). The van der Waals surface area contributed by atoms with Crippen molar-refractivity contribution in [2.75, 3.05) is 34.4 Å². The summed E-state index contributed by atoms with van der Waals surface area (Å²) in [4.78, 5) is 13.8. The number of nitrogens with two attached hydrogens (primary N) is 1. The minimum Gasteiger partial charge on any atom is -0.493 e. The van der Waals surface area contributed by atoms with Crippen LogP contribution >= 0.6 is 0 Å². The van der Waals surface area contributed by atoms with Gasteiger partial charge in [-0.15, -0.1) is 0 Å². The number of carbonyl (C=O) groups is 1. The van der Waals surface area contributed by atoms with Crippen LogP contribution in [-0.2, 0) is 14.9 Å². The Hall–Kier alpha value is -2.25. The summed E-state index contributed by atoms with van der Waals surface area (Å²) in [6.45, 7) is 1.28. The average molecular weight is 373 g/mol. The Morgan fingerprint density at radius 1 is 1.26 bits per heavy atom. The van der Waals surface area contributed by atoms with Crippen molar-refractivity contribution >= 4 is 5.91 Å². The van der Waals surface area contributed by atoms with Crippen molar-refractivity contribution in [2.45, 2.75) is 36.4 Å². The molecule has 3 N–H and O–H groups in total. The van der Waals surface area contributed by atoms with Gasteiger partial charge in [0.2, 0.25) is 5.91 Å². The molecule has 0 radical (unpaired) electrons. The van der Waals surface area contributed by atoms with Crippen molar-refractivity contribution in [1.82, 2.24) is 10.2 Å². The van der Waals surface area contributed by atoms with Gasteiger partial charge in [0.15, 0.2) is 11.5 Å². The molecule has 0 bridgehead atoms. The predicted octanol–water partition coefficient (Wildman–Crippen LogP) is 1.12. The van der Waals surface area contributed by atoms with Gasteiger partial charge < -0.3 is 24.8 Å². The maximum Gasteiger partial charge on any atom is 0.237 e. The van der Waals surface area contributed by atoms with E-state index in [4.69, 9.17) is 19.9 Å². The first kappa shape index (κ1) is 18.1. The molecule has 3 aliphatic rings. The molecular formula is C20H27N3O4. The summed E-state index contributed by atoms with van der Waals surface area (Å²) in [6.07, 6.45) is 4.88. The van der Waals surface area contributed by atoms with E-state index in [-0.39, 0.29) is 11.3 Å². The fraction of sp³-hybridized carbons (Fsp3) is 0.550. The van der Waals surface area contributed by atoms with Crippen LogP contribution in [-0.4, -0.2) is 57.0 Å². The highest BCUT2D eigenvalue weighted by Crippen LogP contribution is 2.52. The largest absolute Gasteiger partial charge is 0.493 e. The molecular weight excluding hydrogens is 346 g/mol. The molecule has 2 unspecified atom stereocenters. The lowest BCUT2D eigenvalue weighted by molar-refractivity contribution is -0.119. The van der Waals surface area contributed by atoms with Gasteiger partial charge in [-0.25, -0.2) is 0 Å².